The first-order valence-electron chi connectivity index (χ1n) is 5.93. The number of rotatable bonds is 4. The van der Waals surface area contributed by atoms with Gasteiger partial charge in [0.25, 0.3) is 0 Å². The Balaban J connectivity index is 2.06. The lowest BCUT2D eigenvalue weighted by Crippen LogP contribution is -2.33. The average molecular weight is 240 g/mol. The molecule has 0 fully saturated rings. The van der Waals surface area contributed by atoms with Crippen LogP contribution in [0, 0.1) is 6.92 Å². The van der Waals surface area contributed by atoms with E-state index in [4.69, 9.17) is 5.73 Å². The minimum absolute atomic E-state index is 0.115. The maximum atomic E-state index is 12.0. The molecule has 1 atom stereocenters. The lowest BCUT2D eigenvalue weighted by molar-refractivity contribution is 0.0956. The molecule has 0 aliphatic rings. The van der Waals surface area contributed by atoms with Crippen LogP contribution in [0.15, 0.2) is 48.7 Å². The van der Waals surface area contributed by atoms with E-state index in [0.29, 0.717) is 12.1 Å². The summed E-state index contributed by atoms with van der Waals surface area (Å²) in [6.07, 6.45) is 2.14. The summed E-state index contributed by atoms with van der Waals surface area (Å²) in [5, 5.41) is 0. The molecule has 1 unspecified atom stereocenters. The van der Waals surface area contributed by atoms with E-state index in [0.717, 1.165) is 5.56 Å². The van der Waals surface area contributed by atoms with Gasteiger partial charge >= 0.3 is 0 Å². The van der Waals surface area contributed by atoms with Crippen LogP contribution >= 0.6 is 0 Å². The zero-order valence-electron chi connectivity index (χ0n) is 10.3. The van der Waals surface area contributed by atoms with E-state index in [9.17, 15) is 4.79 Å². The number of pyridine rings is 1. The van der Waals surface area contributed by atoms with Crippen LogP contribution < -0.4 is 5.73 Å². The van der Waals surface area contributed by atoms with Gasteiger partial charge in [-0.05, 0) is 31.0 Å². The van der Waals surface area contributed by atoms with Crippen LogP contribution in [0.2, 0.25) is 0 Å². The molecule has 2 aromatic rings. The first-order valence-corrected chi connectivity index (χ1v) is 5.93. The Kier molecular flexibility index (Phi) is 3.85. The van der Waals surface area contributed by atoms with Crippen molar-refractivity contribution in [2.75, 3.05) is 0 Å². The van der Waals surface area contributed by atoms with E-state index >= 15 is 0 Å². The van der Waals surface area contributed by atoms with E-state index in [1.54, 1.807) is 24.4 Å². The van der Waals surface area contributed by atoms with Gasteiger partial charge in [-0.1, -0.05) is 35.9 Å². The molecule has 18 heavy (non-hydrogen) atoms. The monoisotopic (exact) mass is 240 g/mol. The lowest BCUT2D eigenvalue weighted by Gasteiger charge is -2.10. The number of aryl methyl sites for hydroxylation is 1. The van der Waals surface area contributed by atoms with Gasteiger partial charge in [0.15, 0.2) is 5.78 Å². The Morgan fingerprint density at radius 1 is 1.22 bits per heavy atom. The molecule has 0 saturated heterocycles. The Hall–Kier alpha value is -2.00. The van der Waals surface area contributed by atoms with Crippen LogP contribution in [0.4, 0.5) is 0 Å². The standard InChI is InChI=1S/C15H16N2O/c1-11-5-7-12(8-6-11)10-13(16)15(18)14-4-2-3-9-17-14/h2-9,13H,10,16H2,1H3. The fourth-order valence-electron chi connectivity index (χ4n) is 1.77. The Labute approximate surface area is 107 Å². The number of hydrogen-bond acceptors (Lipinski definition) is 3. The summed E-state index contributed by atoms with van der Waals surface area (Å²) < 4.78 is 0. The van der Waals surface area contributed by atoms with Crippen molar-refractivity contribution in [1.29, 1.82) is 0 Å². The van der Waals surface area contributed by atoms with Crippen molar-refractivity contribution in [2.45, 2.75) is 19.4 Å². The van der Waals surface area contributed by atoms with Gasteiger partial charge in [-0.2, -0.15) is 0 Å². The van der Waals surface area contributed by atoms with Gasteiger partial charge in [0.1, 0.15) is 5.69 Å². The zero-order chi connectivity index (χ0) is 13.0. The third-order valence-electron chi connectivity index (χ3n) is 2.83. The van der Waals surface area contributed by atoms with E-state index < -0.39 is 6.04 Å². The van der Waals surface area contributed by atoms with Crippen LogP contribution in [0.5, 0.6) is 0 Å². The fourth-order valence-corrected chi connectivity index (χ4v) is 1.77. The van der Waals surface area contributed by atoms with Gasteiger partial charge in [0, 0.05) is 6.20 Å². The molecule has 0 bridgehead atoms. The number of nitrogens with zero attached hydrogens (tertiary/aromatic N) is 1. The van der Waals surface area contributed by atoms with E-state index in [-0.39, 0.29) is 5.78 Å². The predicted molar refractivity (Wildman–Crippen MR) is 71.4 cm³/mol. The molecule has 1 heterocycles. The Morgan fingerprint density at radius 2 is 1.94 bits per heavy atom. The van der Waals surface area contributed by atoms with E-state index in [1.807, 2.05) is 31.2 Å². The molecule has 2 rings (SSSR count). The molecule has 92 valence electrons. The number of Topliss-reactive ketones (excluding diaryl/α,β-unsaturated/α-hetero) is 1. The summed E-state index contributed by atoms with van der Waals surface area (Å²) >= 11 is 0. The van der Waals surface area contributed by atoms with Crippen LogP contribution in [-0.2, 0) is 6.42 Å². The first-order chi connectivity index (χ1) is 8.66. The van der Waals surface area contributed by atoms with Crippen LogP contribution in [0.25, 0.3) is 0 Å². The number of benzene rings is 1. The largest absolute Gasteiger partial charge is 0.321 e. The first kappa shape index (κ1) is 12.5. The molecule has 0 saturated carbocycles. The molecule has 0 aliphatic carbocycles. The fraction of sp³-hybridized carbons (Fsp3) is 0.200. The number of ketones is 1. The van der Waals surface area contributed by atoms with Crippen LogP contribution in [0.1, 0.15) is 21.6 Å². The van der Waals surface area contributed by atoms with Gasteiger partial charge in [0.2, 0.25) is 0 Å². The predicted octanol–water partition coefficient (Wildman–Crippen LogP) is 2.14. The highest BCUT2D eigenvalue weighted by atomic mass is 16.1. The van der Waals surface area contributed by atoms with Gasteiger partial charge in [-0.25, -0.2) is 0 Å². The van der Waals surface area contributed by atoms with Gasteiger partial charge in [-0.15, -0.1) is 0 Å². The number of aromatic nitrogens is 1. The van der Waals surface area contributed by atoms with Crippen molar-refractivity contribution >= 4 is 5.78 Å². The van der Waals surface area contributed by atoms with Crippen molar-refractivity contribution in [3.63, 3.8) is 0 Å². The summed E-state index contributed by atoms with van der Waals surface area (Å²) in [6.45, 7) is 2.03. The van der Waals surface area contributed by atoms with Gasteiger partial charge in [-0.3, -0.25) is 9.78 Å². The highest BCUT2D eigenvalue weighted by Gasteiger charge is 2.16. The minimum Gasteiger partial charge on any atom is -0.321 e. The Bertz CT molecular complexity index is 520. The van der Waals surface area contributed by atoms with E-state index in [1.165, 1.54) is 5.56 Å². The quantitative estimate of drug-likeness (QED) is 0.833. The second-order valence-corrected chi connectivity index (χ2v) is 4.38. The van der Waals surface area contributed by atoms with Gasteiger partial charge < -0.3 is 5.73 Å². The maximum absolute atomic E-state index is 12.0. The Morgan fingerprint density at radius 3 is 2.56 bits per heavy atom. The highest BCUT2D eigenvalue weighted by Crippen LogP contribution is 2.08. The summed E-state index contributed by atoms with van der Waals surface area (Å²) in [6, 6.07) is 12.8. The molecule has 1 aromatic carbocycles. The number of carbonyl (C=O) groups excluding carboxylic acids is 1. The summed E-state index contributed by atoms with van der Waals surface area (Å²) in [5.74, 6) is -0.115. The molecule has 3 heteroatoms. The van der Waals surface area contributed by atoms with E-state index in [2.05, 4.69) is 4.98 Å². The smallest absolute Gasteiger partial charge is 0.198 e. The normalized spacial score (nSPS) is 12.1. The van der Waals surface area contributed by atoms with Crippen molar-refractivity contribution in [1.82, 2.24) is 4.98 Å². The van der Waals surface area contributed by atoms with Crippen molar-refractivity contribution in [3.8, 4) is 0 Å². The molecule has 3 nitrogen and oxygen atoms in total. The number of carbonyl (C=O) groups is 1. The molecule has 1 aromatic heterocycles. The number of hydrogen-bond donors (Lipinski definition) is 1. The summed E-state index contributed by atoms with van der Waals surface area (Å²) in [4.78, 5) is 16.1. The summed E-state index contributed by atoms with van der Waals surface area (Å²) in [5.41, 5.74) is 8.62. The maximum Gasteiger partial charge on any atom is 0.198 e. The highest BCUT2D eigenvalue weighted by molar-refractivity contribution is 5.98. The minimum atomic E-state index is -0.539. The second-order valence-electron chi connectivity index (χ2n) is 4.38. The lowest BCUT2D eigenvalue weighted by atomic mass is 10.0. The third-order valence-corrected chi connectivity index (χ3v) is 2.83. The molecule has 0 radical (unpaired) electrons. The van der Waals surface area contributed by atoms with Crippen molar-refractivity contribution < 1.29 is 4.79 Å². The molecule has 0 aliphatic heterocycles. The second kappa shape index (κ2) is 5.56. The van der Waals surface area contributed by atoms with Crippen LogP contribution in [0.3, 0.4) is 0 Å². The molecule has 0 spiro atoms. The SMILES string of the molecule is Cc1ccc(CC(N)C(=O)c2ccccn2)cc1. The average Bonchev–Trinajstić information content (AvgIpc) is 2.41. The van der Waals surface area contributed by atoms with Crippen molar-refractivity contribution in [2.24, 2.45) is 5.73 Å². The zero-order valence-corrected chi connectivity index (χ0v) is 10.3. The number of nitrogens with two attached hydrogens (primary N) is 1. The summed E-state index contributed by atoms with van der Waals surface area (Å²) in [7, 11) is 0. The van der Waals surface area contributed by atoms with Crippen LogP contribution in [-0.4, -0.2) is 16.8 Å². The topological polar surface area (TPSA) is 56.0 Å². The molecule has 0 amide bonds. The van der Waals surface area contributed by atoms with Crippen molar-refractivity contribution in [3.05, 3.63) is 65.5 Å². The molecular formula is C15H16N2O. The molecular weight excluding hydrogens is 224 g/mol. The molecule has 2 N–H and O–H groups in total. The third kappa shape index (κ3) is 3.02. The van der Waals surface area contributed by atoms with Gasteiger partial charge in [0.05, 0.1) is 6.04 Å².